The predicted octanol–water partition coefficient (Wildman–Crippen LogP) is 2.33. The molecule has 0 bridgehead atoms. The minimum Gasteiger partial charge on any atom is -0.494 e. The normalized spacial score (nSPS) is 10.6. The minimum atomic E-state index is 0.128. The standard InChI is InChI=1S/C10H17NO2/c1-3-5-7-8(6-4-2)10(13)11-9(7)12/h11-13H,3-6H2,1-2H3. The molecule has 0 fully saturated rings. The molecule has 1 aromatic heterocycles. The Kier molecular flexibility index (Phi) is 3.23. The molecule has 0 aliphatic heterocycles. The van der Waals surface area contributed by atoms with Gasteiger partial charge in [-0.15, -0.1) is 0 Å². The molecular weight excluding hydrogens is 166 g/mol. The molecule has 0 aliphatic rings. The van der Waals surface area contributed by atoms with Gasteiger partial charge in [-0.25, -0.2) is 0 Å². The van der Waals surface area contributed by atoms with E-state index < -0.39 is 0 Å². The van der Waals surface area contributed by atoms with E-state index in [1.807, 2.05) is 0 Å². The van der Waals surface area contributed by atoms with Gasteiger partial charge in [0.15, 0.2) is 11.8 Å². The molecule has 0 saturated heterocycles. The van der Waals surface area contributed by atoms with Crippen molar-refractivity contribution >= 4 is 0 Å². The van der Waals surface area contributed by atoms with Crippen LogP contribution in [-0.4, -0.2) is 15.2 Å². The van der Waals surface area contributed by atoms with Crippen LogP contribution in [0.5, 0.6) is 11.8 Å². The summed E-state index contributed by atoms with van der Waals surface area (Å²) in [5.74, 6) is 0.255. The molecule has 1 rings (SSSR count). The van der Waals surface area contributed by atoms with Crippen LogP contribution in [0.25, 0.3) is 0 Å². The number of hydrogen-bond acceptors (Lipinski definition) is 2. The van der Waals surface area contributed by atoms with Crippen molar-refractivity contribution in [2.24, 2.45) is 0 Å². The van der Waals surface area contributed by atoms with E-state index in [1.165, 1.54) is 0 Å². The minimum absolute atomic E-state index is 0.128. The Morgan fingerprint density at radius 1 is 0.923 bits per heavy atom. The van der Waals surface area contributed by atoms with Gasteiger partial charge in [0.25, 0.3) is 0 Å². The maximum absolute atomic E-state index is 9.45. The zero-order chi connectivity index (χ0) is 9.84. The van der Waals surface area contributed by atoms with E-state index in [1.54, 1.807) is 0 Å². The lowest BCUT2D eigenvalue weighted by molar-refractivity contribution is 0.421. The number of aromatic amines is 1. The molecule has 1 aromatic rings. The van der Waals surface area contributed by atoms with E-state index in [2.05, 4.69) is 18.8 Å². The number of H-pyrrole nitrogens is 1. The number of aromatic hydroxyl groups is 2. The summed E-state index contributed by atoms with van der Waals surface area (Å²) >= 11 is 0. The van der Waals surface area contributed by atoms with Gasteiger partial charge in [-0.1, -0.05) is 26.7 Å². The molecule has 0 aliphatic carbocycles. The summed E-state index contributed by atoms with van der Waals surface area (Å²) in [4.78, 5) is 2.56. The highest BCUT2D eigenvalue weighted by molar-refractivity contribution is 5.43. The lowest BCUT2D eigenvalue weighted by Crippen LogP contribution is -1.89. The molecule has 13 heavy (non-hydrogen) atoms. The fraction of sp³-hybridized carbons (Fsp3) is 0.600. The molecule has 1 heterocycles. The van der Waals surface area contributed by atoms with Gasteiger partial charge < -0.3 is 10.2 Å². The van der Waals surface area contributed by atoms with Gasteiger partial charge in [0.1, 0.15) is 0 Å². The smallest absolute Gasteiger partial charge is 0.194 e. The van der Waals surface area contributed by atoms with Gasteiger partial charge >= 0.3 is 0 Å². The van der Waals surface area contributed by atoms with Crippen molar-refractivity contribution in [3.8, 4) is 11.8 Å². The van der Waals surface area contributed by atoms with E-state index >= 15 is 0 Å². The molecule has 0 aromatic carbocycles. The molecule has 0 unspecified atom stereocenters. The van der Waals surface area contributed by atoms with Crippen molar-refractivity contribution in [1.82, 2.24) is 4.98 Å². The van der Waals surface area contributed by atoms with E-state index in [0.717, 1.165) is 36.8 Å². The third-order valence-corrected chi connectivity index (χ3v) is 2.17. The van der Waals surface area contributed by atoms with Crippen molar-refractivity contribution in [3.63, 3.8) is 0 Å². The fourth-order valence-electron chi connectivity index (χ4n) is 1.59. The fourth-order valence-corrected chi connectivity index (χ4v) is 1.59. The largest absolute Gasteiger partial charge is 0.494 e. The van der Waals surface area contributed by atoms with E-state index in [-0.39, 0.29) is 11.8 Å². The number of rotatable bonds is 4. The Morgan fingerprint density at radius 3 is 1.62 bits per heavy atom. The summed E-state index contributed by atoms with van der Waals surface area (Å²) in [5.41, 5.74) is 1.75. The number of hydrogen-bond donors (Lipinski definition) is 3. The first-order valence-corrected chi connectivity index (χ1v) is 4.82. The zero-order valence-corrected chi connectivity index (χ0v) is 8.22. The van der Waals surface area contributed by atoms with Gasteiger partial charge in [-0.05, 0) is 12.8 Å². The summed E-state index contributed by atoms with van der Waals surface area (Å²) in [6.45, 7) is 4.11. The highest BCUT2D eigenvalue weighted by Gasteiger charge is 2.14. The second-order valence-corrected chi connectivity index (χ2v) is 3.28. The number of aromatic nitrogens is 1. The van der Waals surface area contributed by atoms with Crippen LogP contribution in [0, 0.1) is 0 Å². The van der Waals surface area contributed by atoms with E-state index in [0.29, 0.717) is 0 Å². The van der Waals surface area contributed by atoms with Crippen molar-refractivity contribution < 1.29 is 10.2 Å². The average Bonchev–Trinajstić information content (AvgIpc) is 2.33. The highest BCUT2D eigenvalue weighted by Crippen LogP contribution is 2.30. The lowest BCUT2D eigenvalue weighted by atomic mass is 10.0. The van der Waals surface area contributed by atoms with Crippen molar-refractivity contribution in [2.45, 2.75) is 39.5 Å². The first kappa shape index (κ1) is 9.96. The monoisotopic (exact) mass is 183 g/mol. The number of nitrogens with one attached hydrogen (secondary N) is 1. The summed E-state index contributed by atoms with van der Waals surface area (Å²) < 4.78 is 0. The van der Waals surface area contributed by atoms with Crippen LogP contribution in [0.15, 0.2) is 0 Å². The maximum atomic E-state index is 9.45. The molecule has 0 radical (unpaired) electrons. The summed E-state index contributed by atoms with van der Waals surface area (Å²) in [7, 11) is 0. The molecule has 0 atom stereocenters. The molecule has 74 valence electrons. The third-order valence-electron chi connectivity index (χ3n) is 2.17. The molecule has 3 N–H and O–H groups in total. The van der Waals surface area contributed by atoms with Crippen LogP contribution >= 0.6 is 0 Å². The van der Waals surface area contributed by atoms with Gasteiger partial charge in [0.05, 0.1) is 0 Å². The zero-order valence-electron chi connectivity index (χ0n) is 8.22. The van der Waals surface area contributed by atoms with Gasteiger partial charge in [-0.3, -0.25) is 4.98 Å². The van der Waals surface area contributed by atoms with Crippen LogP contribution in [0.1, 0.15) is 37.8 Å². The van der Waals surface area contributed by atoms with Gasteiger partial charge in [0, 0.05) is 11.1 Å². The van der Waals surface area contributed by atoms with Crippen LogP contribution in [0.3, 0.4) is 0 Å². The predicted molar refractivity (Wildman–Crippen MR) is 52.1 cm³/mol. The van der Waals surface area contributed by atoms with Crippen LogP contribution in [0.4, 0.5) is 0 Å². The maximum Gasteiger partial charge on any atom is 0.194 e. The quantitative estimate of drug-likeness (QED) is 0.671. The second kappa shape index (κ2) is 4.21. The molecule has 0 amide bonds. The van der Waals surface area contributed by atoms with Gasteiger partial charge in [-0.2, -0.15) is 0 Å². The van der Waals surface area contributed by atoms with Gasteiger partial charge in [0.2, 0.25) is 0 Å². The Hall–Kier alpha value is -1.12. The molecule has 3 heteroatoms. The van der Waals surface area contributed by atoms with Crippen LogP contribution in [-0.2, 0) is 12.8 Å². The second-order valence-electron chi connectivity index (χ2n) is 3.28. The SMILES string of the molecule is CCCc1c(O)[nH]c(O)c1CCC. The highest BCUT2D eigenvalue weighted by atomic mass is 16.3. The first-order chi connectivity index (χ1) is 6.20. The Balaban J connectivity index is 2.98. The van der Waals surface area contributed by atoms with Crippen molar-refractivity contribution in [1.29, 1.82) is 0 Å². The molecular formula is C10H17NO2. The summed E-state index contributed by atoms with van der Waals surface area (Å²) in [6, 6.07) is 0. The third kappa shape index (κ3) is 1.97. The van der Waals surface area contributed by atoms with E-state index in [9.17, 15) is 10.2 Å². The van der Waals surface area contributed by atoms with Crippen molar-refractivity contribution in [3.05, 3.63) is 11.1 Å². The Bertz CT molecular complexity index is 252. The van der Waals surface area contributed by atoms with Crippen molar-refractivity contribution in [2.75, 3.05) is 0 Å². The summed E-state index contributed by atoms with van der Waals surface area (Å²) in [6.07, 6.45) is 3.58. The van der Waals surface area contributed by atoms with E-state index in [4.69, 9.17) is 0 Å². The van der Waals surface area contributed by atoms with Crippen LogP contribution < -0.4 is 0 Å². The first-order valence-electron chi connectivity index (χ1n) is 4.82. The molecule has 0 spiro atoms. The molecule has 0 saturated carbocycles. The molecule has 3 nitrogen and oxygen atoms in total. The lowest BCUT2D eigenvalue weighted by Gasteiger charge is -2.00. The Labute approximate surface area is 78.4 Å². The Morgan fingerprint density at radius 2 is 1.31 bits per heavy atom. The summed E-state index contributed by atoms with van der Waals surface area (Å²) in [5, 5.41) is 18.9. The topological polar surface area (TPSA) is 56.2 Å². The van der Waals surface area contributed by atoms with Crippen LogP contribution in [0.2, 0.25) is 0 Å². The average molecular weight is 183 g/mol.